The lowest BCUT2D eigenvalue weighted by Crippen LogP contribution is -2.24. The summed E-state index contributed by atoms with van der Waals surface area (Å²) in [4.78, 5) is 17.7. The van der Waals surface area contributed by atoms with E-state index in [-0.39, 0.29) is 10.8 Å². The zero-order valence-electron chi connectivity index (χ0n) is 14.2. The van der Waals surface area contributed by atoms with Crippen molar-refractivity contribution >= 4 is 38.6 Å². The molecular formula is C19H20BrN3OS. The summed E-state index contributed by atoms with van der Waals surface area (Å²) in [5, 5.41) is 10.1. The van der Waals surface area contributed by atoms with E-state index in [4.69, 9.17) is 5.26 Å². The fourth-order valence-electron chi connectivity index (χ4n) is 3.03. The van der Waals surface area contributed by atoms with Crippen molar-refractivity contribution in [2.45, 2.75) is 56.0 Å². The zero-order chi connectivity index (χ0) is 17.8. The van der Waals surface area contributed by atoms with E-state index in [0.717, 1.165) is 23.7 Å². The average Bonchev–Trinajstić information content (AvgIpc) is 2.63. The molecule has 0 aliphatic heterocycles. The first-order valence-corrected chi connectivity index (χ1v) is 10.2. The Labute approximate surface area is 160 Å². The van der Waals surface area contributed by atoms with E-state index in [1.54, 1.807) is 4.57 Å². The van der Waals surface area contributed by atoms with Crippen LogP contribution in [0.1, 0.15) is 39.0 Å². The Hall–Kier alpha value is -1.58. The number of rotatable bonds is 5. The monoisotopic (exact) mass is 417 g/mol. The second-order valence-electron chi connectivity index (χ2n) is 6.26. The van der Waals surface area contributed by atoms with Crippen LogP contribution < -0.4 is 5.56 Å². The minimum Gasteiger partial charge on any atom is -0.287 e. The number of hydrogen-bond acceptors (Lipinski definition) is 4. The van der Waals surface area contributed by atoms with Gasteiger partial charge >= 0.3 is 0 Å². The molecule has 0 radical (unpaired) electrons. The molecule has 6 heteroatoms. The maximum Gasteiger partial charge on any atom is 0.262 e. The first kappa shape index (κ1) is 18.2. The average molecular weight is 418 g/mol. The van der Waals surface area contributed by atoms with Gasteiger partial charge in [-0.25, -0.2) is 4.98 Å². The standard InChI is InChI=1S/C19H20BrN3OS/c1-13(12-21)25-19-22-17-8-7-15(20)11-16(17)18(24)23(19)10-9-14-5-3-2-4-6-14/h5,7-8,11,13H,2-4,6,9-10H2,1H3. The number of fused-ring (bicyclic) bond motifs is 1. The van der Waals surface area contributed by atoms with Gasteiger partial charge in [0.15, 0.2) is 5.16 Å². The van der Waals surface area contributed by atoms with Crippen LogP contribution in [0.4, 0.5) is 0 Å². The fourth-order valence-corrected chi connectivity index (χ4v) is 4.21. The summed E-state index contributed by atoms with van der Waals surface area (Å²) in [6, 6.07) is 7.76. The summed E-state index contributed by atoms with van der Waals surface area (Å²) in [5.41, 5.74) is 2.07. The van der Waals surface area contributed by atoms with Gasteiger partial charge in [0.1, 0.15) is 0 Å². The second-order valence-corrected chi connectivity index (χ2v) is 8.48. The normalized spacial score (nSPS) is 15.6. The molecule has 3 rings (SSSR count). The molecule has 0 N–H and O–H groups in total. The quantitative estimate of drug-likeness (QED) is 0.387. The van der Waals surface area contributed by atoms with Crippen LogP contribution in [0.3, 0.4) is 0 Å². The Morgan fingerprint density at radius 1 is 1.44 bits per heavy atom. The van der Waals surface area contributed by atoms with Gasteiger partial charge in [0.2, 0.25) is 0 Å². The van der Waals surface area contributed by atoms with E-state index in [2.05, 4.69) is 33.1 Å². The molecular weight excluding hydrogens is 398 g/mol. The summed E-state index contributed by atoms with van der Waals surface area (Å²) >= 11 is 4.78. The van der Waals surface area contributed by atoms with Crippen molar-refractivity contribution in [1.29, 1.82) is 5.26 Å². The van der Waals surface area contributed by atoms with Gasteiger partial charge in [-0.05, 0) is 57.2 Å². The van der Waals surface area contributed by atoms with Crippen LogP contribution in [-0.2, 0) is 6.54 Å². The highest BCUT2D eigenvalue weighted by Gasteiger charge is 2.15. The molecule has 0 amide bonds. The first-order valence-electron chi connectivity index (χ1n) is 8.53. The zero-order valence-corrected chi connectivity index (χ0v) is 16.6. The van der Waals surface area contributed by atoms with Crippen LogP contribution in [-0.4, -0.2) is 14.8 Å². The number of hydrogen-bond donors (Lipinski definition) is 0. The Balaban J connectivity index is 2.01. The molecule has 0 saturated carbocycles. The molecule has 1 aliphatic rings. The Bertz CT molecular complexity index is 913. The van der Waals surface area contributed by atoms with Crippen molar-refractivity contribution in [2.24, 2.45) is 0 Å². The predicted molar refractivity (Wildman–Crippen MR) is 106 cm³/mol. The third kappa shape index (κ3) is 4.34. The Kier molecular flexibility index (Phi) is 5.98. The van der Waals surface area contributed by atoms with E-state index in [1.807, 2.05) is 25.1 Å². The maximum absolute atomic E-state index is 13.0. The SMILES string of the molecule is CC(C#N)Sc1nc2ccc(Br)cc2c(=O)n1CCC1=CCCCC1. The van der Waals surface area contributed by atoms with Gasteiger partial charge in [-0.2, -0.15) is 5.26 Å². The molecule has 1 atom stereocenters. The lowest BCUT2D eigenvalue weighted by Gasteiger charge is -2.16. The molecule has 1 aliphatic carbocycles. The van der Waals surface area contributed by atoms with E-state index in [1.165, 1.54) is 30.2 Å². The summed E-state index contributed by atoms with van der Waals surface area (Å²) in [7, 11) is 0. The van der Waals surface area contributed by atoms with Crippen molar-refractivity contribution in [1.82, 2.24) is 9.55 Å². The topological polar surface area (TPSA) is 58.7 Å². The number of benzene rings is 1. The molecule has 0 fully saturated rings. The van der Waals surface area contributed by atoms with Gasteiger partial charge in [-0.1, -0.05) is 39.3 Å². The van der Waals surface area contributed by atoms with Crippen LogP contribution in [0.5, 0.6) is 0 Å². The number of nitriles is 1. The van der Waals surface area contributed by atoms with Crippen molar-refractivity contribution in [3.05, 3.63) is 44.7 Å². The molecule has 25 heavy (non-hydrogen) atoms. The van der Waals surface area contributed by atoms with Crippen LogP contribution >= 0.6 is 27.7 Å². The van der Waals surface area contributed by atoms with E-state index in [0.29, 0.717) is 22.6 Å². The van der Waals surface area contributed by atoms with Gasteiger partial charge in [-0.3, -0.25) is 9.36 Å². The number of halogens is 1. The second kappa shape index (κ2) is 8.20. The molecule has 130 valence electrons. The summed E-state index contributed by atoms with van der Waals surface area (Å²) in [5.74, 6) is 0. The summed E-state index contributed by atoms with van der Waals surface area (Å²) < 4.78 is 2.61. The minimum atomic E-state index is -0.250. The predicted octanol–water partition coefficient (Wildman–Crippen LogP) is 5.05. The largest absolute Gasteiger partial charge is 0.287 e. The van der Waals surface area contributed by atoms with Crippen molar-refractivity contribution < 1.29 is 0 Å². The molecule has 4 nitrogen and oxygen atoms in total. The summed E-state index contributed by atoms with van der Waals surface area (Å²) in [6.07, 6.45) is 7.94. The number of aromatic nitrogens is 2. The third-order valence-corrected chi connectivity index (χ3v) is 5.86. The lowest BCUT2D eigenvalue weighted by molar-refractivity contribution is 0.569. The number of thioether (sulfide) groups is 1. The number of allylic oxidation sites excluding steroid dienone is 2. The molecule has 0 spiro atoms. The Morgan fingerprint density at radius 3 is 3.00 bits per heavy atom. The molecule has 0 bridgehead atoms. The molecule has 1 heterocycles. The molecule has 1 aromatic heterocycles. The first-order chi connectivity index (χ1) is 12.1. The van der Waals surface area contributed by atoms with Crippen LogP contribution in [0.25, 0.3) is 10.9 Å². The van der Waals surface area contributed by atoms with E-state index in [9.17, 15) is 4.79 Å². The highest BCUT2D eigenvalue weighted by molar-refractivity contribution is 9.10. The van der Waals surface area contributed by atoms with Gasteiger partial charge in [-0.15, -0.1) is 0 Å². The highest BCUT2D eigenvalue weighted by atomic mass is 79.9. The Morgan fingerprint density at radius 2 is 2.28 bits per heavy atom. The minimum absolute atomic E-state index is 0.0321. The molecule has 1 aromatic carbocycles. The van der Waals surface area contributed by atoms with Gasteiger partial charge in [0, 0.05) is 11.0 Å². The van der Waals surface area contributed by atoms with E-state index >= 15 is 0 Å². The third-order valence-electron chi connectivity index (χ3n) is 4.39. The van der Waals surface area contributed by atoms with Crippen molar-refractivity contribution in [2.75, 3.05) is 0 Å². The lowest BCUT2D eigenvalue weighted by atomic mass is 9.97. The van der Waals surface area contributed by atoms with E-state index < -0.39 is 0 Å². The van der Waals surface area contributed by atoms with Gasteiger partial charge in [0.25, 0.3) is 5.56 Å². The van der Waals surface area contributed by atoms with Crippen LogP contribution in [0.2, 0.25) is 0 Å². The smallest absolute Gasteiger partial charge is 0.262 e. The number of nitrogens with zero attached hydrogens (tertiary/aromatic N) is 3. The van der Waals surface area contributed by atoms with Gasteiger partial charge < -0.3 is 0 Å². The van der Waals surface area contributed by atoms with Crippen molar-refractivity contribution in [3.8, 4) is 6.07 Å². The van der Waals surface area contributed by atoms with Crippen molar-refractivity contribution in [3.63, 3.8) is 0 Å². The van der Waals surface area contributed by atoms with Gasteiger partial charge in [0.05, 0.1) is 22.2 Å². The highest BCUT2D eigenvalue weighted by Crippen LogP contribution is 2.25. The molecule has 1 unspecified atom stereocenters. The molecule has 2 aromatic rings. The fraction of sp³-hybridized carbons (Fsp3) is 0.421. The van der Waals surface area contributed by atoms with Crippen LogP contribution in [0.15, 0.2) is 44.3 Å². The van der Waals surface area contributed by atoms with Crippen LogP contribution in [0, 0.1) is 11.3 Å². The maximum atomic E-state index is 13.0. The molecule has 0 saturated heterocycles. The summed E-state index contributed by atoms with van der Waals surface area (Å²) in [6.45, 7) is 2.44.